The number of aliphatic carboxylic acids is 1. The third kappa shape index (κ3) is 18.9. The van der Waals surface area contributed by atoms with Gasteiger partial charge in [-0.25, -0.2) is 4.79 Å². The van der Waals surface area contributed by atoms with E-state index in [1.54, 1.807) is 12.2 Å². The van der Waals surface area contributed by atoms with E-state index in [1.165, 1.54) is 51.4 Å². The summed E-state index contributed by atoms with van der Waals surface area (Å²) in [4.78, 5) is 10.2. The third-order valence-corrected chi connectivity index (χ3v) is 4.04. The lowest BCUT2D eigenvalue weighted by molar-refractivity contribution is -0.131. The van der Waals surface area contributed by atoms with Gasteiger partial charge in [0.2, 0.25) is 0 Å². The van der Waals surface area contributed by atoms with Crippen LogP contribution in [0.4, 0.5) is 0 Å². The molecule has 2 N–H and O–H groups in total. The number of hydrogen-bond acceptors (Lipinski definition) is 2. The minimum absolute atomic E-state index is 0.109. The van der Waals surface area contributed by atoms with Gasteiger partial charge in [0.15, 0.2) is 0 Å². The zero-order valence-electron chi connectivity index (χ0n) is 14.9. The molecule has 0 amide bonds. The summed E-state index contributed by atoms with van der Waals surface area (Å²) in [6.07, 6.45) is 21.6. The van der Waals surface area contributed by atoms with Crippen molar-refractivity contribution >= 4 is 5.97 Å². The van der Waals surface area contributed by atoms with E-state index in [-0.39, 0.29) is 6.10 Å². The summed E-state index contributed by atoms with van der Waals surface area (Å²) in [6, 6.07) is 0. The molecule has 3 heteroatoms. The van der Waals surface area contributed by atoms with Crippen LogP contribution in [0.3, 0.4) is 0 Å². The zero-order valence-corrected chi connectivity index (χ0v) is 14.9. The van der Waals surface area contributed by atoms with Crippen molar-refractivity contribution in [1.82, 2.24) is 0 Å². The Morgan fingerprint density at radius 2 is 1.43 bits per heavy atom. The molecule has 134 valence electrons. The Labute approximate surface area is 142 Å². The molecule has 0 aromatic rings. The van der Waals surface area contributed by atoms with Crippen molar-refractivity contribution in [1.29, 1.82) is 0 Å². The molecule has 0 radical (unpaired) electrons. The molecule has 0 spiro atoms. The molecular formula is C20H36O3. The SMILES string of the molecule is CCCCCCCCC(O)CCCCCC/C=C/C=C\C(=O)O. The van der Waals surface area contributed by atoms with Crippen LogP contribution in [0.1, 0.15) is 90.4 Å². The Morgan fingerprint density at radius 1 is 0.870 bits per heavy atom. The smallest absolute Gasteiger partial charge is 0.328 e. The van der Waals surface area contributed by atoms with E-state index < -0.39 is 5.97 Å². The first-order valence-corrected chi connectivity index (χ1v) is 9.41. The van der Waals surface area contributed by atoms with Crippen LogP contribution >= 0.6 is 0 Å². The van der Waals surface area contributed by atoms with Crippen molar-refractivity contribution in [2.45, 2.75) is 96.5 Å². The highest BCUT2D eigenvalue weighted by Gasteiger charge is 2.03. The van der Waals surface area contributed by atoms with Gasteiger partial charge >= 0.3 is 5.97 Å². The topological polar surface area (TPSA) is 57.5 Å². The number of carbonyl (C=O) groups is 1. The van der Waals surface area contributed by atoms with Crippen molar-refractivity contribution in [2.75, 3.05) is 0 Å². The number of carboxylic acid groups (broad SMARTS) is 1. The number of aliphatic hydroxyl groups excluding tert-OH is 1. The lowest BCUT2D eigenvalue weighted by atomic mass is 10.0. The van der Waals surface area contributed by atoms with Crippen LogP contribution in [0.2, 0.25) is 0 Å². The van der Waals surface area contributed by atoms with Gasteiger partial charge in [0, 0.05) is 6.08 Å². The maximum atomic E-state index is 10.2. The van der Waals surface area contributed by atoms with Gasteiger partial charge in [-0.1, -0.05) is 82.9 Å². The molecule has 0 aliphatic heterocycles. The maximum Gasteiger partial charge on any atom is 0.328 e. The van der Waals surface area contributed by atoms with Crippen molar-refractivity contribution in [2.24, 2.45) is 0 Å². The molecule has 23 heavy (non-hydrogen) atoms. The van der Waals surface area contributed by atoms with Gasteiger partial charge in [-0.3, -0.25) is 0 Å². The number of allylic oxidation sites excluding steroid dienone is 3. The molecule has 3 nitrogen and oxygen atoms in total. The van der Waals surface area contributed by atoms with Crippen LogP contribution in [-0.4, -0.2) is 22.3 Å². The van der Waals surface area contributed by atoms with Crippen LogP contribution in [0.15, 0.2) is 24.3 Å². The summed E-state index contributed by atoms with van der Waals surface area (Å²) in [5, 5.41) is 18.3. The van der Waals surface area contributed by atoms with Gasteiger partial charge in [-0.2, -0.15) is 0 Å². The standard InChI is InChI=1S/C20H36O3/c1-2-3-4-5-10-13-16-19(21)17-14-11-8-6-7-9-12-15-18-20(22)23/h9,12,15,18-19,21H,2-8,10-11,13-14,16-17H2,1H3,(H,22,23)/b12-9+,18-15-. The summed E-state index contributed by atoms with van der Waals surface area (Å²) in [7, 11) is 0. The molecule has 0 aliphatic rings. The second-order valence-corrected chi connectivity index (χ2v) is 6.33. The van der Waals surface area contributed by atoms with E-state index in [0.29, 0.717) is 0 Å². The van der Waals surface area contributed by atoms with E-state index in [1.807, 2.05) is 6.08 Å². The quantitative estimate of drug-likeness (QED) is 0.219. The fourth-order valence-corrected chi connectivity index (χ4v) is 2.61. The molecule has 0 rings (SSSR count). The van der Waals surface area contributed by atoms with Crippen molar-refractivity contribution in [3.8, 4) is 0 Å². The number of unbranched alkanes of at least 4 members (excludes halogenated alkanes) is 9. The van der Waals surface area contributed by atoms with E-state index >= 15 is 0 Å². The van der Waals surface area contributed by atoms with E-state index in [0.717, 1.165) is 38.2 Å². The molecule has 0 fully saturated rings. The molecule has 0 aromatic heterocycles. The molecule has 1 unspecified atom stereocenters. The Hall–Kier alpha value is -1.09. The first-order chi connectivity index (χ1) is 11.2. The summed E-state index contributed by atoms with van der Waals surface area (Å²) < 4.78 is 0. The van der Waals surface area contributed by atoms with Gasteiger partial charge in [-0.05, 0) is 25.7 Å². The lowest BCUT2D eigenvalue weighted by Crippen LogP contribution is -2.05. The normalized spacial score (nSPS) is 13.1. The average molecular weight is 325 g/mol. The highest BCUT2D eigenvalue weighted by Crippen LogP contribution is 2.13. The van der Waals surface area contributed by atoms with E-state index in [9.17, 15) is 9.90 Å². The largest absolute Gasteiger partial charge is 0.478 e. The summed E-state index contributed by atoms with van der Waals surface area (Å²) in [6.45, 7) is 2.23. The van der Waals surface area contributed by atoms with E-state index in [4.69, 9.17) is 5.11 Å². The second-order valence-electron chi connectivity index (χ2n) is 6.33. The number of aliphatic hydroxyl groups is 1. The first kappa shape index (κ1) is 21.9. The fourth-order valence-electron chi connectivity index (χ4n) is 2.61. The van der Waals surface area contributed by atoms with E-state index in [2.05, 4.69) is 6.92 Å². The van der Waals surface area contributed by atoms with Crippen molar-refractivity contribution in [3.05, 3.63) is 24.3 Å². The molecule has 0 saturated heterocycles. The Bertz CT molecular complexity index is 321. The van der Waals surface area contributed by atoms with Crippen LogP contribution in [0.5, 0.6) is 0 Å². The van der Waals surface area contributed by atoms with Gasteiger partial charge in [0.1, 0.15) is 0 Å². The van der Waals surface area contributed by atoms with Gasteiger partial charge in [0.05, 0.1) is 6.10 Å². The number of hydrogen-bond donors (Lipinski definition) is 2. The second kappa shape index (κ2) is 17.3. The molecule has 0 heterocycles. The zero-order chi connectivity index (χ0) is 17.2. The lowest BCUT2D eigenvalue weighted by Gasteiger charge is -2.10. The predicted molar refractivity (Wildman–Crippen MR) is 97.6 cm³/mol. The Morgan fingerprint density at radius 3 is 2.04 bits per heavy atom. The average Bonchev–Trinajstić information content (AvgIpc) is 2.52. The highest BCUT2D eigenvalue weighted by atomic mass is 16.4. The fraction of sp³-hybridized carbons (Fsp3) is 0.750. The first-order valence-electron chi connectivity index (χ1n) is 9.41. The Kier molecular flexibility index (Phi) is 16.4. The third-order valence-electron chi connectivity index (χ3n) is 4.04. The van der Waals surface area contributed by atoms with Crippen LogP contribution in [0, 0.1) is 0 Å². The van der Waals surface area contributed by atoms with Gasteiger partial charge in [-0.15, -0.1) is 0 Å². The monoisotopic (exact) mass is 324 g/mol. The maximum absolute atomic E-state index is 10.2. The molecule has 0 saturated carbocycles. The summed E-state index contributed by atoms with van der Waals surface area (Å²) in [5.74, 6) is -0.908. The number of carboxylic acids is 1. The molecule has 0 aliphatic carbocycles. The minimum Gasteiger partial charge on any atom is -0.478 e. The van der Waals surface area contributed by atoms with Crippen LogP contribution in [-0.2, 0) is 4.79 Å². The molecule has 0 aromatic carbocycles. The predicted octanol–water partition coefficient (Wildman–Crippen LogP) is 5.64. The highest BCUT2D eigenvalue weighted by molar-refractivity contribution is 5.80. The molecular weight excluding hydrogens is 288 g/mol. The minimum atomic E-state index is -0.908. The van der Waals surface area contributed by atoms with Crippen LogP contribution < -0.4 is 0 Å². The number of rotatable bonds is 16. The van der Waals surface area contributed by atoms with Crippen molar-refractivity contribution in [3.63, 3.8) is 0 Å². The molecule has 1 atom stereocenters. The molecule has 0 bridgehead atoms. The van der Waals surface area contributed by atoms with Gasteiger partial charge < -0.3 is 10.2 Å². The summed E-state index contributed by atoms with van der Waals surface area (Å²) >= 11 is 0. The van der Waals surface area contributed by atoms with Crippen LogP contribution in [0.25, 0.3) is 0 Å². The van der Waals surface area contributed by atoms with Gasteiger partial charge in [0.25, 0.3) is 0 Å². The Balaban J connectivity index is 3.29. The van der Waals surface area contributed by atoms with Crippen molar-refractivity contribution < 1.29 is 15.0 Å². The summed E-state index contributed by atoms with van der Waals surface area (Å²) in [5.41, 5.74) is 0.